The first-order valence-electron chi connectivity index (χ1n) is 9.20. The molecule has 0 unspecified atom stereocenters. The number of pyridine rings is 1. The van der Waals surface area contributed by atoms with Crippen LogP contribution in [0, 0.1) is 0 Å². The van der Waals surface area contributed by atoms with Crippen molar-refractivity contribution in [3.8, 4) is 0 Å². The van der Waals surface area contributed by atoms with Crippen LogP contribution in [0.2, 0.25) is 0 Å². The number of nitrogen functional groups attached to an aromatic ring is 1. The van der Waals surface area contributed by atoms with Gasteiger partial charge in [0.15, 0.2) is 5.65 Å². The predicted molar refractivity (Wildman–Crippen MR) is 99.0 cm³/mol. The third-order valence-electron chi connectivity index (χ3n) is 5.36. The molecule has 1 saturated heterocycles. The highest BCUT2D eigenvalue weighted by Crippen LogP contribution is 2.32. The minimum absolute atomic E-state index is 0.328. The van der Waals surface area contributed by atoms with Gasteiger partial charge in [0, 0.05) is 37.3 Å². The molecule has 0 bridgehead atoms. The van der Waals surface area contributed by atoms with Crippen molar-refractivity contribution in [2.45, 2.75) is 31.7 Å². The molecule has 5 rings (SSSR count). The van der Waals surface area contributed by atoms with Crippen molar-refractivity contribution >= 4 is 17.4 Å². The number of aromatic nitrogens is 5. The normalized spacial score (nSPS) is 20.3. The monoisotopic (exact) mass is 350 g/mol. The Kier molecular flexibility index (Phi) is 3.70. The number of hydrogen-bond donors (Lipinski definition) is 2. The fourth-order valence-electron chi connectivity index (χ4n) is 4.14. The third-order valence-corrected chi connectivity index (χ3v) is 5.36. The zero-order valence-corrected chi connectivity index (χ0v) is 14.6. The van der Waals surface area contributed by atoms with Gasteiger partial charge in [-0.3, -0.25) is 4.40 Å². The number of hydrogen-bond acceptors (Lipinski definition) is 7. The largest absolute Gasteiger partial charge is 0.368 e. The molecule has 3 aromatic heterocycles. The summed E-state index contributed by atoms with van der Waals surface area (Å²) in [7, 11) is 0. The van der Waals surface area contributed by atoms with Gasteiger partial charge >= 0.3 is 0 Å². The predicted octanol–water partition coefficient (Wildman–Crippen LogP) is 1.13. The van der Waals surface area contributed by atoms with E-state index in [1.54, 1.807) is 0 Å². The van der Waals surface area contributed by atoms with E-state index in [1.165, 1.54) is 5.56 Å². The first-order valence-corrected chi connectivity index (χ1v) is 9.20. The zero-order chi connectivity index (χ0) is 17.5. The number of nitrogens with one attached hydrogen (secondary N) is 1. The molecule has 2 aliphatic rings. The molecule has 0 spiro atoms. The maximum atomic E-state index is 5.99. The highest BCUT2D eigenvalue weighted by Gasteiger charge is 2.29. The van der Waals surface area contributed by atoms with Crippen LogP contribution < -0.4 is 16.0 Å². The number of nitrogens with two attached hydrogens (primary N) is 1. The molecule has 8 nitrogen and oxygen atoms in total. The Hall–Kier alpha value is -2.74. The molecule has 0 saturated carbocycles. The molecular formula is C18H22N8. The SMILES string of the molecule is Nc1nc2c(c(N3CCC[C@@H](c4nnc5ccccn45)C3)n1)CCNC2. The molecule has 0 aliphatic carbocycles. The molecule has 3 aromatic rings. The summed E-state index contributed by atoms with van der Waals surface area (Å²) in [6.07, 6.45) is 5.19. The van der Waals surface area contributed by atoms with Gasteiger partial charge in [-0.1, -0.05) is 6.07 Å². The highest BCUT2D eigenvalue weighted by molar-refractivity contribution is 5.53. The maximum Gasteiger partial charge on any atom is 0.222 e. The number of nitrogens with zero attached hydrogens (tertiary/aromatic N) is 6. The second-order valence-corrected chi connectivity index (χ2v) is 7.03. The van der Waals surface area contributed by atoms with Crippen molar-refractivity contribution in [3.63, 3.8) is 0 Å². The van der Waals surface area contributed by atoms with Crippen LogP contribution >= 0.6 is 0 Å². The Morgan fingerprint density at radius 1 is 1.19 bits per heavy atom. The number of piperidine rings is 1. The van der Waals surface area contributed by atoms with Crippen LogP contribution in [0.15, 0.2) is 24.4 Å². The average molecular weight is 350 g/mol. The first kappa shape index (κ1) is 15.5. The van der Waals surface area contributed by atoms with Crippen LogP contribution in [-0.4, -0.2) is 44.2 Å². The van der Waals surface area contributed by atoms with Gasteiger partial charge in [0.25, 0.3) is 0 Å². The smallest absolute Gasteiger partial charge is 0.222 e. The summed E-state index contributed by atoms with van der Waals surface area (Å²) in [6.45, 7) is 3.59. The van der Waals surface area contributed by atoms with Crippen LogP contribution in [0.5, 0.6) is 0 Å². The molecule has 26 heavy (non-hydrogen) atoms. The molecule has 3 N–H and O–H groups in total. The van der Waals surface area contributed by atoms with E-state index >= 15 is 0 Å². The summed E-state index contributed by atoms with van der Waals surface area (Å²) >= 11 is 0. The van der Waals surface area contributed by atoms with Crippen LogP contribution in [0.25, 0.3) is 5.65 Å². The molecule has 2 aliphatic heterocycles. The van der Waals surface area contributed by atoms with Crippen LogP contribution in [0.1, 0.15) is 35.8 Å². The molecule has 1 fully saturated rings. The van der Waals surface area contributed by atoms with Gasteiger partial charge in [0.2, 0.25) is 5.95 Å². The van der Waals surface area contributed by atoms with Crippen molar-refractivity contribution in [1.29, 1.82) is 0 Å². The molecule has 5 heterocycles. The summed E-state index contributed by atoms with van der Waals surface area (Å²) in [4.78, 5) is 11.4. The minimum atomic E-state index is 0.328. The summed E-state index contributed by atoms with van der Waals surface area (Å²) < 4.78 is 2.10. The lowest BCUT2D eigenvalue weighted by molar-refractivity contribution is 0.483. The Morgan fingerprint density at radius 3 is 3.12 bits per heavy atom. The summed E-state index contributed by atoms with van der Waals surface area (Å²) in [5, 5.41) is 12.2. The number of rotatable bonds is 2. The van der Waals surface area contributed by atoms with E-state index < -0.39 is 0 Å². The molecule has 134 valence electrons. The Balaban J connectivity index is 1.49. The van der Waals surface area contributed by atoms with E-state index in [9.17, 15) is 0 Å². The van der Waals surface area contributed by atoms with Crippen molar-refractivity contribution in [1.82, 2.24) is 29.9 Å². The van der Waals surface area contributed by atoms with Gasteiger partial charge in [-0.2, -0.15) is 4.98 Å². The van der Waals surface area contributed by atoms with E-state index in [0.717, 1.165) is 68.4 Å². The van der Waals surface area contributed by atoms with Gasteiger partial charge in [-0.25, -0.2) is 4.98 Å². The highest BCUT2D eigenvalue weighted by atomic mass is 15.3. The maximum absolute atomic E-state index is 5.99. The van der Waals surface area contributed by atoms with Gasteiger partial charge in [0.1, 0.15) is 11.6 Å². The summed E-state index contributed by atoms with van der Waals surface area (Å²) in [6, 6.07) is 6.01. The Bertz CT molecular complexity index is 950. The van der Waals surface area contributed by atoms with E-state index in [0.29, 0.717) is 11.9 Å². The molecule has 8 heteroatoms. The fraction of sp³-hybridized carbons (Fsp3) is 0.444. The van der Waals surface area contributed by atoms with Crippen LogP contribution in [0.3, 0.4) is 0 Å². The van der Waals surface area contributed by atoms with Gasteiger partial charge in [-0.05, 0) is 37.9 Å². The summed E-state index contributed by atoms with van der Waals surface area (Å²) in [5.41, 5.74) is 9.16. The third kappa shape index (κ3) is 2.57. The standard InChI is InChI=1S/C18H22N8/c19-18-21-14-10-20-7-6-13(14)17(22-18)25-8-3-4-12(11-25)16-24-23-15-5-1-2-9-26(15)16/h1-2,5,9,12,20H,3-4,6-8,10-11H2,(H2,19,21,22)/t12-/m1/s1. The number of fused-ring (bicyclic) bond motifs is 2. The lowest BCUT2D eigenvalue weighted by Gasteiger charge is -2.35. The lowest BCUT2D eigenvalue weighted by Crippen LogP contribution is -2.38. The zero-order valence-electron chi connectivity index (χ0n) is 14.6. The van der Waals surface area contributed by atoms with Gasteiger partial charge in [-0.15, -0.1) is 10.2 Å². The van der Waals surface area contributed by atoms with E-state index in [1.807, 2.05) is 24.4 Å². The van der Waals surface area contributed by atoms with E-state index in [-0.39, 0.29) is 0 Å². The van der Waals surface area contributed by atoms with Gasteiger partial charge in [0.05, 0.1) is 5.69 Å². The topological polar surface area (TPSA) is 97.3 Å². The molecule has 0 aromatic carbocycles. The molecule has 0 radical (unpaired) electrons. The second-order valence-electron chi connectivity index (χ2n) is 7.03. The van der Waals surface area contributed by atoms with Crippen molar-refractivity contribution in [3.05, 3.63) is 41.5 Å². The molecule has 0 amide bonds. The fourth-order valence-corrected chi connectivity index (χ4v) is 4.14. The lowest BCUT2D eigenvalue weighted by atomic mass is 9.96. The Labute approximate surface area is 151 Å². The molecular weight excluding hydrogens is 328 g/mol. The Morgan fingerprint density at radius 2 is 2.15 bits per heavy atom. The van der Waals surface area contributed by atoms with E-state index in [4.69, 9.17) is 5.73 Å². The van der Waals surface area contributed by atoms with Crippen LogP contribution in [0.4, 0.5) is 11.8 Å². The van der Waals surface area contributed by atoms with Gasteiger partial charge < -0.3 is 16.0 Å². The van der Waals surface area contributed by atoms with Crippen LogP contribution in [-0.2, 0) is 13.0 Å². The molecule has 1 atom stereocenters. The average Bonchev–Trinajstić information content (AvgIpc) is 3.11. The minimum Gasteiger partial charge on any atom is -0.368 e. The quantitative estimate of drug-likeness (QED) is 0.715. The van der Waals surface area contributed by atoms with E-state index in [2.05, 4.69) is 34.8 Å². The van der Waals surface area contributed by atoms with Crippen molar-refractivity contribution in [2.75, 3.05) is 30.3 Å². The van der Waals surface area contributed by atoms with Crippen molar-refractivity contribution < 1.29 is 0 Å². The van der Waals surface area contributed by atoms with Crippen molar-refractivity contribution in [2.24, 2.45) is 0 Å². The number of anilines is 2. The second kappa shape index (κ2) is 6.21. The summed E-state index contributed by atoms with van der Waals surface area (Å²) in [5.74, 6) is 2.72. The first-order chi connectivity index (χ1) is 12.8.